The molecule has 0 bridgehead atoms. The second kappa shape index (κ2) is 5.51. The molecule has 78 valence electrons. The van der Waals surface area contributed by atoms with Crippen LogP contribution in [-0.4, -0.2) is 27.2 Å². The molecule has 2 atom stereocenters. The Morgan fingerprint density at radius 2 is 2.14 bits per heavy atom. The van der Waals surface area contributed by atoms with Gasteiger partial charge in [0.05, 0.1) is 6.10 Å². The summed E-state index contributed by atoms with van der Waals surface area (Å²) in [6.07, 6.45) is 1.33. The third-order valence-electron chi connectivity index (χ3n) is 1.88. The number of hydrogen-bond acceptors (Lipinski definition) is 3. The molecule has 0 aliphatic carbocycles. The van der Waals surface area contributed by atoms with Crippen LogP contribution < -0.4 is 0 Å². The van der Waals surface area contributed by atoms with Gasteiger partial charge in [-0.2, -0.15) is 0 Å². The van der Waals surface area contributed by atoms with Crippen molar-refractivity contribution in [3.63, 3.8) is 0 Å². The summed E-state index contributed by atoms with van der Waals surface area (Å²) in [5.74, 6) is 0.288. The Balaban J connectivity index is 2.78. The number of alkyl halides is 1. The lowest BCUT2D eigenvalue weighted by atomic mass is 10.0. The van der Waals surface area contributed by atoms with E-state index in [4.69, 9.17) is 23.2 Å². The van der Waals surface area contributed by atoms with Gasteiger partial charge in [0, 0.05) is 28.9 Å². The Labute approximate surface area is 92.3 Å². The molecule has 1 heterocycles. The standard InChI is InChI=1S/C9H11Cl2NO2/c10-3-1-8(13)9(14)6-5-12-4-2-7(6)11/h2,4-5,8-9,13-14H,1,3H2. The Hall–Kier alpha value is -0.350. The van der Waals surface area contributed by atoms with Crippen molar-refractivity contribution in [3.05, 3.63) is 29.0 Å². The Morgan fingerprint density at radius 3 is 2.71 bits per heavy atom. The maximum absolute atomic E-state index is 9.67. The summed E-state index contributed by atoms with van der Waals surface area (Å²) >= 11 is 11.3. The minimum absolute atomic E-state index is 0.288. The van der Waals surface area contributed by atoms with Crippen molar-refractivity contribution in [2.24, 2.45) is 0 Å². The second-order valence-electron chi connectivity index (χ2n) is 2.89. The molecule has 5 heteroatoms. The fourth-order valence-corrected chi connectivity index (χ4v) is 1.52. The van der Waals surface area contributed by atoms with Crippen LogP contribution in [-0.2, 0) is 0 Å². The van der Waals surface area contributed by atoms with Crippen molar-refractivity contribution < 1.29 is 10.2 Å². The van der Waals surface area contributed by atoms with Crippen molar-refractivity contribution in [1.29, 1.82) is 0 Å². The summed E-state index contributed by atoms with van der Waals surface area (Å²) in [5, 5.41) is 19.5. The summed E-state index contributed by atoms with van der Waals surface area (Å²) in [6, 6.07) is 1.56. The Bertz CT molecular complexity index is 296. The van der Waals surface area contributed by atoms with E-state index < -0.39 is 12.2 Å². The number of nitrogens with zero attached hydrogens (tertiary/aromatic N) is 1. The van der Waals surface area contributed by atoms with E-state index in [2.05, 4.69) is 4.98 Å². The molecule has 0 amide bonds. The van der Waals surface area contributed by atoms with Gasteiger partial charge < -0.3 is 10.2 Å². The number of aliphatic hydroxyl groups is 2. The number of halogens is 2. The quantitative estimate of drug-likeness (QED) is 0.783. The smallest absolute Gasteiger partial charge is 0.108 e. The first-order valence-electron chi connectivity index (χ1n) is 4.18. The van der Waals surface area contributed by atoms with E-state index in [9.17, 15) is 10.2 Å². The first kappa shape index (κ1) is 11.7. The van der Waals surface area contributed by atoms with Crippen molar-refractivity contribution >= 4 is 23.2 Å². The minimum Gasteiger partial charge on any atom is -0.390 e. The average molecular weight is 236 g/mol. The van der Waals surface area contributed by atoms with E-state index in [0.717, 1.165) is 0 Å². The number of aromatic nitrogens is 1. The van der Waals surface area contributed by atoms with Crippen LogP contribution in [0.3, 0.4) is 0 Å². The third-order valence-corrected chi connectivity index (χ3v) is 2.45. The van der Waals surface area contributed by atoms with Gasteiger partial charge >= 0.3 is 0 Å². The molecule has 0 radical (unpaired) electrons. The van der Waals surface area contributed by atoms with E-state index in [1.54, 1.807) is 6.07 Å². The monoisotopic (exact) mass is 235 g/mol. The molecule has 1 rings (SSSR count). The van der Waals surface area contributed by atoms with Gasteiger partial charge in [-0.1, -0.05) is 11.6 Å². The van der Waals surface area contributed by atoms with Crippen LogP contribution in [0.4, 0.5) is 0 Å². The van der Waals surface area contributed by atoms with Crippen LogP contribution in [0.2, 0.25) is 5.02 Å². The molecule has 3 nitrogen and oxygen atoms in total. The maximum atomic E-state index is 9.67. The number of pyridine rings is 1. The summed E-state index contributed by atoms with van der Waals surface area (Å²) < 4.78 is 0. The first-order chi connectivity index (χ1) is 6.66. The van der Waals surface area contributed by atoms with Gasteiger partial charge in [0.25, 0.3) is 0 Å². The summed E-state index contributed by atoms with van der Waals surface area (Å²) in [4.78, 5) is 3.82. The molecule has 1 aromatic heterocycles. The largest absolute Gasteiger partial charge is 0.390 e. The van der Waals surface area contributed by atoms with E-state index in [-0.39, 0.29) is 5.88 Å². The Morgan fingerprint density at radius 1 is 1.43 bits per heavy atom. The Kier molecular flexibility index (Phi) is 4.62. The van der Waals surface area contributed by atoms with Gasteiger partial charge in [-0.3, -0.25) is 4.98 Å². The zero-order valence-electron chi connectivity index (χ0n) is 7.40. The molecular formula is C9H11Cl2NO2. The number of hydrogen-bond donors (Lipinski definition) is 2. The summed E-state index contributed by atoms with van der Waals surface area (Å²) in [5.41, 5.74) is 0.423. The van der Waals surface area contributed by atoms with Gasteiger partial charge in [0.15, 0.2) is 0 Å². The maximum Gasteiger partial charge on any atom is 0.108 e. The highest BCUT2D eigenvalue weighted by Crippen LogP contribution is 2.25. The third kappa shape index (κ3) is 2.82. The molecule has 1 aromatic rings. The highest BCUT2D eigenvalue weighted by Gasteiger charge is 2.20. The number of rotatable bonds is 4. The van der Waals surface area contributed by atoms with Gasteiger partial charge in [0.1, 0.15) is 6.10 Å². The normalized spacial score (nSPS) is 15.1. The SMILES string of the molecule is OC(CCCl)C(O)c1cnccc1Cl. The molecule has 0 spiro atoms. The molecule has 0 aliphatic rings. The molecule has 2 N–H and O–H groups in total. The van der Waals surface area contributed by atoms with Gasteiger partial charge in [-0.15, -0.1) is 11.6 Å². The van der Waals surface area contributed by atoms with E-state index in [1.807, 2.05) is 0 Å². The first-order valence-corrected chi connectivity index (χ1v) is 5.09. The summed E-state index contributed by atoms with van der Waals surface area (Å²) in [7, 11) is 0. The fourth-order valence-electron chi connectivity index (χ4n) is 1.08. The van der Waals surface area contributed by atoms with Crippen LogP contribution in [0.15, 0.2) is 18.5 Å². The van der Waals surface area contributed by atoms with Crippen LogP contribution >= 0.6 is 23.2 Å². The highest BCUT2D eigenvalue weighted by atomic mass is 35.5. The number of aliphatic hydroxyl groups excluding tert-OH is 2. The molecule has 0 aliphatic heterocycles. The van der Waals surface area contributed by atoms with Crippen molar-refractivity contribution in [1.82, 2.24) is 4.98 Å². The van der Waals surface area contributed by atoms with Crippen molar-refractivity contribution in [3.8, 4) is 0 Å². The minimum atomic E-state index is -1.03. The highest BCUT2D eigenvalue weighted by molar-refractivity contribution is 6.31. The van der Waals surface area contributed by atoms with Crippen molar-refractivity contribution in [2.75, 3.05) is 5.88 Å². The summed E-state index contributed by atoms with van der Waals surface area (Å²) in [6.45, 7) is 0. The van der Waals surface area contributed by atoms with Gasteiger partial charge in [-0.05, 0) is 12.5 Å². The lowest BCUT2D eigenvalue weighted by molar-refractivity contribution is 0.0168. The average Bonchev–Trinajstić information content (AvgIpc) is 2.18. The molecular weight excluding hydrogens is 225 g/mol. The van der Waals surface area contributed by atoms with Crippen LogP contribution in [0, 0.1) is 0 Å². The lowest BCUT2D eigenvalue weighted by Crippen LogP contribution is -2.19. The van der Waals surface area contributed by atoms with Crippen molar-refractivity contribution in [2.45, 2.75) is 18.6 Å². The zero-order valence-corrected chi connectivity index (χ0v) is 8.91. The molecule has 0 aromatic carbocycles. The molecule has 0 saturated heterocycles. The lowest BCUT2D eigenvalue weighted by Gasteiger charge is -2.17. The predicted molar refractivity (Wildman–Crippen MR) is 55.6 cm³/mol. The van der Waals surface area contributed by atoms with E-state index in [0.29, 0.717) is 17.0 Å². The molecule has 0 saturated carbocycles. The van der Waals surface area contributed by atoms with Crippen LogP contribution in [0.5, 0.6) is 0 Å². The van der Waals surface area contributed by atoms with Crippen LogP contribution in [0.25, 0.3) is 0 Å². The van der Waals surface area contributed by atoms with E-state index in [1.165, 1.54) is 12.4 Å². The van der Waals surface area contributed by atoms with E-state index >= 15 is 0 Å². The second-order valence-corrected chi connectivity index (χ2v) is 3.67. The van der Waals surface area contributed by atoms with Gasteiger partial charge in [-0.25, -0.2) is 0 Å². The fraction of sp³-hybridized carbons (Fsp3) is 0.444. The molecule has 14 heavy (non-hydrogen) atoms. The predicted octanol–water partition coefficient (Wildman–Crippen LogP) is 1.76. The zero-order chi connectivity index (χ0) is 10.6. The molecule has 2 unspecified atom stereocenters. The van der Waals surface area contributed by atoms with Gasteiger partial charge in [0.2, 0.25) is 0 Å². The van der Waals surface area contributed by atoms with Crippen LogP contribution in [0.1, 0.15) is 18.1 Å². The topological polar surface area (TPSA) is 53.4 Å². The molecule has 0 fully saturated rings.